The summed E-state index contributed by atoms with van der Waals surface area (Å²) in [5.41, 5.74) is 2.50. The van der Waals surface area contributed by atoms with Crippen molar-refractivity contribution in [3.63, 3.8) is 0 Å². The molecule has 0 aromatic heterocycles. The van der Waals surface area contributed by atoms with Crippen molar-refractivity contribution >= 4 is 23.0 Å². The van der Waals surface area contributed by atoms with Crippen LogP contribution >= 0.6 is 11.6 Å². The SMILES string of the molecule is Cc1cc(C#N)ccc1Nc1cc(Cl)ccc1F. The van der Waals surface area contributed by atoms with Gasteiger partial charge in [-0.2, -0.15) is 5.26 Å². The molecule has 0 bridgehead atoms. The summed E-state index contributed by atoms with van der Waals surface area (Å²) >= 11 is 5.82. The van der Waals surface area contributed by atoms with Crippen LogP contribution in [-0.2, 0) is 0 Å². The molecule has 0 fully saturated rings. The minimum Gasteiger partial charge on any atom is -0.353 e. The molecule has 18 heavy (non-hydrogen) atoms. The van der Waals surface area contributed by atoms with Crippen molar-refractivity contribution in [2.45, 2.75) is 6.92 Å². The van der Waals surface area contributed by atoms with Gasteiger partial charge in [-0.3, -0.25) is 0 Å². The van der Waals surface area contributed by atoms with Crippen LogP contribution in [0, 0.1) is 24.1 Å². The molecular weight excluding hydrogens is 251 g/mol. The van der Waals surface area contributed by atoms with Gasteiger partial charge < -0.3 is 5.32 Å². The molecule has 4 heteroatoms. The molecule has 2 nitrogen and oxygen atoms in total. The van der Waals surface area contributed by atoms with Crippen molar-refractivity contribution in [1.29, 1.82) is 5.26 Å². The molecule has 0 amide bonds. The van der Waals surface area contributed by atoms with Crippen LogP contribution < -0.4 is 5.32 Å². The van der Waals surface area contributed by atoms with E-state index in [9.17, 15) is 4.39 Å². The summed E-state index contributed by atoms with van der Waals surface area (Å²) in [4.78, 5) is 0. The Kier molecular flexibility index (Phi) is 3.50. The van der Waals surface area contributed by atoms with Gasteiger partial charge in [0.1, 0.15) is 5.82 Å². The minimum absolute atomic E-state index is 0.315. The van der Waals surface area contributed by atoms with Gasteiger partial charge in [0.2, 0.25) is 0 Å². The Labute approximate surface area is 110 Å². The van der Waals surface area contributed by atoms with Crippen LogP contribution in [0.15, 0.2) is 36.4 Å². The van der Waals surface area contributed by atoms with E-state index in [-0.39, 0.29) is 5.82 Å². The van der Waals surface area contributed by atoms with Crippen LogP contribution in [0.4, 0.5) is 15.8 Å². The summed E-state index contributed by atoms with van der Waals surface area (Å²) in [6.45, 7) is 1.85. The van der Waals surface area contributed by atoms with E-state index in [1.807, 2.05) is 6.92 Å². The number of nitrogens with one attached hydrogen (secondary N) is 1. The Bertz CT molecular complexity index is 632. The average Bonchev–Trinajstić information content (AvgIpc) is 2.36. The molecule has 2 rings (SSSR count). The number of nitriles is 1. The third-order valence-corrected chi connectivity index (χ3v) is 2.79. The Hall–Kier alpha value is -2.05. The molecule has 2 aromatic carbocycles. The van der Waals surface area contributed by atoms with Gasteiger partial charge in [-0.25, -0.2) is 4.39 Å². The third kappa shape index (κ3) is 2.61. The van der Waals surface area contributed by atoms with Crippen LogP contribution in [0.25, 0.3) is 0 Å². The lowest BCUT2D eigenvalue weighted by molar-refractivity contribution is 0.632. The quantitative estimate of drug-likeness (QED) is 0.869. The number of hydrogen-bond donors (Lipinski definition) is 1. The van der Waals surface area contributed by atoms with Gasteiger partial charge in [0.15, 0.2) is 0 Å². The summed E-state index contributed by atoms with van der Waals surface area (Å²) in [5, 5.41) is 12.2. The molecule has 0 saturated heterocycles. The molecule has 0 aliphatic heterocycles. The van der Waals surface area contributed by atoms with E-state index in [2.05, 4.69) is 11.4 Å². The van der Waals surface area contributed by atoms with Gasteiger partial charge >= 0.3 is 0 Å². The second kappa shape index (κ2) is 5.07. The predicted octanol–water partition coefficient (Wildman–Crippen LogP) is 4.40. The summed E-state index contributed by atoms with van der Waals surface area (Å²) in [5.74, 6) is -0.372. The molecule has 0 aliphatic rings. The molecule has 0 heterocycles. The van der Waals surface area contributed by atoms with Gasteiger partial charge in [-0.05, 0) is 48.9 Å². The van der Waals surface area contributed by atoms with Gasteiger partial charge in [0.05, 0.1) is 17.3 Å². The van der Waals surface area contributed by atoms with E-state index < -0.39 is 0 Å². The van der Waals surface area contributed by atoms with Crippen LogP contribution in [0.1, 0.15) is 11.1 Å². The lowest BCUT2D eigenvalue weighted by Gasteiger charge is -2.10. The van der Waals surface area contributed by atoms with Crippen molar-refractivity contribution < 1.29 is 4.39 Å². The Morgan fingerprint density at radius 2 is 1.94 bits per heavy atom. The molecule has 0 radical (unpaired) electrons. The zero-order valence-electron chi connectivity index (χ0n) is 9.67. The highest BCUT2D eigenvalue weighted by Crippen LogP contribution is 2.25. The first-order chi connectivity index (χ1) is 8.60. The second-order valence-electron chi connectivity index (χ2n) is 3.89. The fourth-order valence-electron chi connectivity index (χ4n) is 1.61. The van der Waals surface area contributed by atoms with Crippen LogP contribution in [-0.4, -0.2) is 0 Å². The lowest BCUT2D eigenvalue weighted by Crippen LogP contribution is -1.96. The van der Waals surface area contributed by atoms with E-state index in [1.165, 1.54) is 18.2 Å². The number of halogens is 2. The summed E-state index contributed by atoms with van der Waals surface area (Å²) < 4.78 is 13.6. The largest absolute Gasteiger partial charge is 0.353 e. The summed E-state index contributed by atoms with van der Waals surface area (Å²) in [7, 11) is 0. The number of rotatable bonds is 2. The zero-order valence-corrected chi connectivity index (χ0v) is 10.4. The summed E-state index contributed by atoms with van der Waals surface area (Å²) in [6, 6.07) is 11.5. The molecule has 2 aromatic rings. The van der Waals surface area contributed by atoms with Crippen LogP contribution in [0.5, 0.6) is 0 Å². The van der Waals surface area contributed by atoms with Crippen LogP contribution in [0.2, 0.25) is 5.02 Å². The number of nitrogens with zero attached hydrogens (tertiary/aromatic N) is 1. The maximum atomic E-state index is 13.6. The molecule has 0 atom stereocenters. The van der Waals surface area contributed by atoms with Gasteiger partial charge in [0, 0.05) is 10.7 Å². The Morgan fingerprint density at radius 1 is 1.17 bits per heavy atom. The zero-order chi connectivity index (χ0) is 13.1. The van der Waals surface area contributed by atoms with Crippen molar-refractivity contribution in [2.24, 2.45) is 0 Å². The van der Waals surface area contributed by atoms with Gasteiger partial charge in [0.25, 0.3) is 0 Å². The maximum absolute atomic E-state index is 13.6. The first-order valence-corrected chi connectivity index (χ1v) is 5.71. The van der Waals surface area contributed by atoms with E-state index in [0.29, 0.717) is 16.3 Å². The second-order valence-corrected chi connectivity index (χ2v) is 4.33. The van der Waals surface area contributed by atoms with Crippen molar-refractivity contribution in [3.8, 4) is 6.07 Å². The van der Waals surface area contributed by atoms with E-state index in [1.54, 1.807) is 18.2 Å². The van der Waals surface area contributed by atoms with Crippen LogP contribution in [0.3, 0.4) is 0 Å². The van der Waals surface area contributed by atoms with E-state index >= 15 is 0 Å². The van der Waals surface area contributed by atoms with E-state index in [0.717, 1.165) is 11.3 Å². The Balaban J connectivity index is 2.34. The molecular formula is C14H10ClFN2. The molecule has 1 N–H and O–H groups in total. The highest BCUT2D eigenvalue weighted by atomic mass is 35.5. The standard InChI is InChI=1S/C14H10ClFN2/c1-9-6-10(8-17)2-5-13(9)18-14-7-11(15)3-4-12(14)16/h2-7,18H,1H3. The molecule has 0 unspecified atom stereocenters. The molecule has 90 valence electrons. The fraction of sp³-hybridized carbons (Fsp3) is 0.0714. The minimum atomic E-state index is -0.372. The molecule has 0 spiro atoms. The molecule has 0 saturated carbocycles. The fourth-order valence-corrected chi connectivity index (χ4v) is 1.78. The number of anilines is 2. The average molecular weight is 261 g/mol. The highest BCUT2D eigenvalue weighted by Gasteiger charge is 2.05. The van der Waals surface area contributed by atoms with E-state index in [4.69, 9.17) is 16.9 Å². The number of hydrogen-bond acceptors (Lipinski definition) is 2. The predicted molar refractivity (Wildman–Crippen MR) is 70.6 cm³/mol. The van der Waals surface area contributed by atoms with Crippen molar-refractivity contribution in [3.05, 3.63) is 58.4 Å². The van der Waals surface area contributed by atoms with Crippen molar-refractivity contribution in [1.82, 2.24) is 0 Å². The van der Waals surface area contributed by atoms with Crippen molar-refractivity contribution in [2.75, 3.05) is 5.32 Å². The number of aryl methyl sites for hydroxylation is 1. The highest BCUT2D eigenvalue weighted by molar-refractivity contribution is 6.30. The first kappa shape index (κ1) is 12.4. The normalized spacial score (nSPS) is 9.89. The monoisotopic (exact) mass is 260 g/mol. The lowest BCUT2D eigenvalue weighted by atomic mass is 10.1. The Morgan fingerprint density at radius 3 is 2.61 bits per heavy atom. The van der Waals surface area contributed by atoms with Gasteiger partial charge in [-0.1, -0.05) is 11.6 Å². The number of benzene rings is 2. The topological polar surface area (TPSA) is 35.8 Å². The third-order valence-electron chi connectivity index (χ3n) is 2.55. The van der Waals surface area contributed by atoms with Gasteiger partial charge in [-0.15, -0.1) is 0 Å². The molecule has 0 aliphatic carbocycles. The maximum Gasteiger partial charge on any atom is 0.146 e. The summed E-state index contributed by atoms with van der Waals surface area (Å²) in [6.07, 6.45) is 0. The first-order valence-electron chi connectivity index (χ1n) is 5.33. The smallest absolute Gasteiger partial charge is 0.146 e.